The smallest absolute Gasteiger partial charge is 0.323 e. The molecule has 0 aliphatic heterocycles. The van der Waals surface area contributed by atoms with E-state index in [1.54, 1.807) is 0 Å². The van der Waals surface area contributed by atoms with Crippen LogP contribution in [0.2, 0.25) is 0 Å². The minimum Gasteiger partial charge on any atom is -0.468 e. The number of aldehydes is 1. The van der Waals surface area contributed by atoms with Crippen LogP contribution >= 0.6 is 0 Å². The second-order valence-electron chi connectivity index (χ2n) is 6.17. The van der Waals surface area contributed by atoms with Crippen molar-refractivity contribution >= 4 is 18.2 Å². The fraction of sp³-hybridized carbons (Fsp3) is 0.471. The number of esters is 2. The van der Waals surface area contributed by atoms with Crippen molar-refractivity contribution in [2.45, 2.75) is 18.8 Å². The number of carbonyl (C=O) groups is 3. The van der Waals surface area contributed by atoms with E-state index in [-0.39, 0.29) is 18.3 Å². The highest BCUT2D eigenvalue weighted by Crippen LogP contribution is 2.76. The molecule has 0 unspecified atom stereocenters. The lowest BCUT2D eigenvalue weighted by molar-refractivity contribution is -0.170. The second kappa shape index (κ2) is 4.93. The van der Waals surface area contributed by atoms with Crippen LogP contribution in [0, 0.1) is 16.7 Å². The molecule has 0 amide bonds. The summed E-state index contributed by atoms with van der Waals surface area (Å²) in [6, 6.07) is 9.73. The average Bonchev–Trinajstić information content (AvgIpc) is 3.04. The Morgan fingerprint density at radius 2 is 1.73 bits per heavy atom. The van der Waals surface area contributed by atoms with Gasteiger partial charge in [0.05, 0.1) is 14.2 Å². The van der Waals surface area contributed by atoms with Crippen molar-refractivity contribution < 1.29 is 23.9 Å². The van der Waals surface area contributed by atoms with Crippen molar-refractivity contribution in [3.8, 4) is 0 Å². The van der Waals surface area contributed by atoms with Gasteiger partial charge >= 0.3 is 11.9 Å². The van der Waals surface area contributed by atoms with Crippen LogP contribution in [0.1, 0.15) is 24.3 Å². The first kappa shape index (κ1) is 14.8. The zero-order valence-corrected chi connectivity index (χ0v) is 12.6. The van der Waals surface area contributed by atoms with E-state index in [2.05, 4.69) is 0 Å². The monoisotopic (exact) mass is 302 g/mol. The van der Waals surface area contributed by atoms with Crippen LogP contribution in [-0.2, 0) is 23.9 Å². The lowest BCUT2D eigenvalue weighted by Gasteiger charge is -2.27. The van der Waals surface area contributed by atoms with Crippen molar-refractivity contribution in [3.63, 3.8) is 0 Å². The predicted molar refractivity (Wildman–Crippen MR) is 76.9 cm³/mol. The van der Waals surface area contributed by atoms with Gasteiger partial charge in [0.2, 0.25) is 0 Å². The van der Waals surface area contributed by atoms with Gasteiger partial charge in [0.15, 0.2) is 5.41 Å². The summed E-state index contributed by atoms with van der Waals surface area (Å²) in [5.41, 5.74) is -0.938. The van der Waals surface area contributed by atoms with Gasteiger partial charge in [0.1, 0.15) is 6.29 Å². The Kier molecular flexibility index (Phi) is 3.31. The number of methoxy groups -OCH3 is 2. The zero-order valence-electron chi connectivity index (χ0n) is 12.6. The Labute approximate surface area is 128 Å². The molecule has 2 aliphatic rings. The standard InChI is InChI=1S/C17H18O5/c1-21-14(19)16(15(20)22-2)8-12-13(17(12,9-16)10-18)11-6-4-3-5-7-11/h3-7,10,12-13H,8-9H2,1-2H3/t12-,13-,17+/m0/s1. The fourth-order valence-electron chi connectivity index (χ4n) is 4.25. The number of carbonyl (C=O) groups excluding carboxylic acids is 3. The van der Waals surface area contributed by atoms with Gasteiger partial charge in [-0.05, 0) is 24.3 Å². The molecule has 0 radical (unpaired) electrons. The van der Waals surface area contributed by atoms with E-state index in [4.69, 9.17) is 9.47 Å². The number of rotatable bonds is 4. The van der Waals surface area contributed by atoms with Crippen molar-refractivity contribution in [1.82, 2.24) is 0 Å². The van der Waals surface area contributed by atoms with Crippen molar-refractivity contribution in [3.05, 3.63) is 35.9 Å². The van der Waals surface area contributed by atoms with E-state index in [1.807, 2.05) is 30.3 Å². The molecule has 3 rings (SSSR count). The summed E-state index contributed by atoms with van der Waals surface area (Å²) in [4.78, 5) is 36.1. The molecule has 116 valence electrons. The Bertz CT molecular complexity index is 607. The molecule has 5 heteroatoms. The highest BCUT2D eigenvalue weighted by atomic mass is 16.5. The molecular weight excluding hydrogens is 284 g/mol. The van der Waals surface area contributed by atoms with Crippen LogP contribution in [0.4, 0.5) is 0 Å². The number of hydrogen-bond acceptors (Lipinski definition) is 5. The molecule has 0 heterocycles. The van der Waals surface area contributed by atoms with Crippen LogP contribution in [0.3, 0.4) is 0 Å². The van der Waals surface area contributed by atoms with Crippen molar-refractivity contribution in [2.75, 3.05) is 14.2 Å². The minimum absolute atomic E-state index is 0.0226. The topological polar surface area (TPSA) is 69.7 Å². The Hall–Kier alpha value is -2.17. The van der Waals surface area contributed by atoms with Gasteiger partial charge in [-0.2, -0.15) is 0 Å². The molecule has 2 fully saturated rings. The summed E-state index contributed by atoms with van der Waals surface area (Å²) < 4.78 is 9.61. The third kappa shape index (κ3) is 1.74. The third-order valence-corrected chi connectivity index (χ3v) is 5.27. The first-order valence-corrected chi connectivity index (χ1v) is 7.24. The molecule has 2 saturated carbocycles. The summed E-state index contributed by atoms with van der Waals surface area (Å²) in [5, 5.41) is 0. The first-order valence-electron chi connectivity index (χ1n) is 7.24. The Morgan fingerprint density at radius 1 is 1.14 bits per heavy atom. The summed E-state index contributed by atoms with van der Waals surface area (Å²) in [5.74, 6) is -1.18. The van der Waals surface area contributed by atoms with Crippen LogP contribution in [-0.4, -0.2) is 32.4 Å². The lowest BCUT2D eigenvalue weighted by atomic mass is 9.78. The van der Waals surface area contributed by atoms with E-state index in [1.165, 1.54) is 14.2 Å². The van der Waals surface area contributed by atoms with Crippen LogP contribution in [0.25, 0.3) is 0 Å². The molecular formula is C17H18O5. The van der Waals surface area contributed by atoms with Gasteiger partial charge in [-0.15, -0.1) is 0 Å². The normalized spacial score (nSPS) is 31.0. The van der Waals surface area contributed by atoms with Crippen LogP contribution in [0.15, 0.2) is 30.3 Å². The van der Waals surface area contributed by atoms with Crippen LogP contribution in [0.5, 0.6) is 0 Å². The highest BCUT2D eigenvalue weighted by Gasteiger charge is 2.77. The van der Waals surface area contributed by atoms with Gasteiger partial charge in [0.25, 0.3) is 0 Å². The predicted octanol–water partition coefficient (Wildman–Crippen LogP) is 1.71. The van der Waals surface area contributed by atoms with Gasteiger partial charge in [-0.3, -0.25) is 9.59 Å². The SMILES string of the molecule is COC(=O)C1(C(=O)OC)C[C@H]2[C@H](c3ccccc3)[C@@]2(C=O)C1. The summed E-state index contributed by atoms with van der Waals surface area (Å²) >= 11 is 0. The van der Waals surface area contributed by atoms with Crippen LogP contribution < -0.4 is 0 Å². The highest BCUT2D eigenvalue weighted by molar-refractivity contribution is 6.02. The number of benzene rings is 1. The molecule has 2 aliphatic carbocycles. The summed E-state index contributed by atoms with van der Waals surface area (Å²) in [6.07, 6.45) is 1.36. The van der Waals surface area contributed by atoms with Gasteiger partial charge in [0, 0.05) is 11.3 Å². The number of hydrogen-bond donors (Lipinski definition) is 0. The van der Waals surface area contributed by atoms with E-state index in [0.29, 0.717) is 6.42 Å². The van der Waals surface area contributed by atoms with E-state index >= 15 is 0 Å². The minimum atomic E-state index is -1.35. The summed E-state index contributed by atoms with van der Waals surface area (Å²) in [7, 11) is 2.50. The zero-order chi connectivity index (χ0) is 16.0. The molecule has 5 nitrogen and oxygen atoms in total. The number of ether oxygens (including phenoxy) is 2. The van der Waals surface area contributed by atoms with Gasteiger partial charge < -0.3 is 14.3 Å². The lowest BCUT2D eigenvalue weighted by Crippen LogP contribution is -2.41. The maximum absolute atomic E-state index is 12.2. The molecule has 3 atom stereocenters. The van der Waals surface area contributed by atoms with E-state index in [0.717, 1.165) is 11.8 Å². The molecule has 0 saturated heterocycles. The fourth-order valence-corrected chi connectivity index (χ4v) is 4.25. The van der Waals surface area contributed by atoms with Gasteiger partial charge in [-0.1, -0.05) is 30.3 Å². The van der Waals surface area contributed by atoms with E-state index in [9.17, 15) is 14.4 Å². The van der Waals surface area contributed by atoms with Crippen molar-refractivity contribution in [2.24, 2.45) is 16.7 Å². The van der Waals surface area contributed by atoms with Crippen molar-refractivity contribution in [1.29, 1.82) is 0 Å². The maximum atomic E-state index is 12.2. The molecule has 0 bridgehead atoms. The molecule has 22 heavy (non-hydrogen) atoms. The molecule has 0 aromatic heterocycles. The first-order chi connectivity index (χ1) is 10.6. The number of fused-ring (bicyclic) bond motifs is 1. The molecule has 1 aromatic rings. The second-order valence-corrected chi connectivity index (χ2v) is 6.17. The molecule has 1 aromatic carbocycles. The largest absolute Gasteiger partial charge is 0.468 e. The maximum Gasteiger partial charge on any atom is 0.323 e. The third-order valence-electron chi connectivity index (χ3n) is 5.27. The Balaban J connectivity index is 1.94. The molecule has 0 N–H and O–H groups in total. The average molecular weight is 302 g/mol. The molecule has 0 spiro atoms. The van der Waals surface area contributed by atoms with E-state index < -0.39 is 22.8 Å². The van der Waals surface area contributed by atoms with Gasteiger partial charge in [-0.25, -0.2) is 0 Å². The summed E-state index contributed by atoms with van der Waals surface area (Å²) in [6.45, 7) is 0. The Morgan fingerprint density at radius 3 is 2.18 bits per heavy atom. The quantitative estimate of drug-likeness (QED) is 0.481.